The molecule has 0 saturated heterocycles. The van der Waals surface area contributed by atoms with Gasteiger partial charge in [-0.15, -0.1) is 10.2 Å². The van der Waals surface area contributed by atoms with Gasteiger partial charge >= 0.3 is 0 Å². The first-order valence-electron chi connectivity index (χ1n) is 6.22. The minimum Gasteiger partial charge on any atom is -0.396 e. The molecule has 6 heteroatoms. The van der Waals surface area contributed by atoms with Crippen molar-refractivity contribution in [2.45, 2.75) is 48.9 Å². The lowest BCUT2D eigenvalue weighted by atomic mass is 9.96. The van der Waals surface area contributed by atoms with Gasteiger partial charge in [0, 0.05) is 18.4 Å². The molecule has 0 radical (unpaired) electrons. The van der Waals surface area contributed by atoms with Gasteiger partial charge < -0.3 is 10.4 Å². The molecule has 0 atom stereocenters. The van der Waals surface area contributed by atoms with Gasteiger partial charge in [0.25, 0.3) is 0 Å². The summed E-state index contributed by atoms with van der Waals surface area (Å²) < 4.78 is 0.997. The van der Waals surface area contributed by atoms with Crippen molar-refractivity contribution >= 4 is 28.2 Å². The minimum absolute atomic E-state index is 0.249. The van der Waals surface area contributed by atoms with Crippen molar-refractivity contribution < 1.29 is 5.11 Å². The first-order valence-corrected chi connectivity index (χ1v) is 8.02. The second-order valence-corrected chi connectivity index (χ2v) is 6.60. The molecule has 2 rings (SSSR count). The first kappa shape index (κ1) is 13.1. The summed E-state index contributed by atoms with van der Waals surface area (Å²) >= 11 is 3.30. The van der Waals surface area contributed by atoms with Crippen LogP contribution < -0.4 is 5.32 Å². The molecule has 0 aliphatic heterocycles. The Hall–Kier alpha value is -0.330. The zero-order valence-electron chi connectivity index (χ0n) is 9.89. The normalized spacial score (nSPS) is 17.2. The van der Waals surface area contributed by atoms with Crippen LogP contribution in [0.3, 0.4) is 0 Å². The van der Waals surface area contributed by atoms with Gasteiger partial charge in [-0.3, -0.25) is 0 Å². The van der Waals surface area contributed by atoms with E-state index in [2.05, 4.69) is 15.5 Å². The molecule has 1 aromatic rings. The zero-order valence-corrected chi connectivity index (χ0v) is 11.5. The Balaban J connectivity index is 1.76. The third kappa shape index (κ3) is 4.44. The van der Waals surface area contributed by atoms with Crippen molar-refractivity contribution in [3.63, 3.8) is 0 Å². The predicted octanol–water partition coefficient (Wildman–Crippen LogP) is 2.76. The molecule has 96 valence electrons. The smallest absolute Gasteiger partial charge is 0.206 e. The second kappa shape index (κ2) is 7.18. The Bertz CT molecular complexity index is 326. The van der Waals surface area contributed by atoms with Crippen LogP contribution in [0.2, 0.25) is 0 Å². The standard InChI is InChI=1S/C11H19N3OS2/c15-7-4-8-16-11-14-13-10(17-11)12-9-5-2-1-3-6-9/h9,15H,1-8H2,(H,12,13). The van der Waals surface area contributed by atoms with Gasteiger partial charge in [-0.1, -0.05) is 42.4 Å². The molecule has 1 heterocycles. The molecule has 0 unspecified atom stereocenters. The van der Waals surface area contributed by atoms with Gasteiger partial charge in [0.15, 0.2) is 4.34 Å². The van der Waals surface area contributed by atoms with E-state index in [4.69, 9.17) is 5.11 Å². The number of rotatable bonds is 6. The lowest BCUT2D eigenvalue weighted by Crippen LogP contribution is -2.21. The molecule has 1 fully saturated rings. The van der Waals surface area contributed by atoms with Gasteiger partial charge in [-0.05, 0) is 19.3 Å². The third-order valence-corrected chi connectivity index (χ3v) is 4.94. The average molecular weight is 273 g/mol. The van der Waals surface area contributed by atoms with Gasteiger partial charge in [0.05, 0.1) is 0 Å². The predicted molar refractivity (Wildman–Crippen MR) is 72.8 cm³/mol. The van der Waals surface area contributed by atoms with Crippen molar-refractivity contribution in [3.05, 3.63) is 0 Å². The molecule has 2 N–H and O–H groups in total. The number of anilines is 1. The summed E-state index contributed by atoms with van der Waals surface area (Å²) in [4.78, 5) is 0. The molecule has 0 amide bonds. The van der Waals surface area contributed by atoms with E-state index >= 15 is 0 Å². The Labute approximate surface area is 110 Å². The van der Waals surface area contributed by atoms with Crippen molar-refractivity contribution in [2.75, 3.05) is 17.7 Å². The van der Waals surface area contributed by atoms with Crippen LogP contribution in [0.15, 0.2) is 4.34 Å². The van der Waals surface area contributed by atoms with Crippen LogP contribution in [-0.2, 0) is 0 Å². The molecule has 1 saturated carbocycles. The molecular weight excluding hydrogens is 254 g/mol. The summed E-state index contributed by atoms with van der Waals surface area (Å²) in [5.74, 6) is 0.911. The van der Waals surface area contributed by atoms with E-state index in [9.17, 15) is 0 Å². The van der Waals surface area contributed by atoms with Crippen molar-refractivity contribution in [3.8, 4) is 0 Å². The van der Waals surface area contributed by atoms with Crippen LogP contribution in [0.1, 0.15) is 38.5 Å². The Morgan fingerprint density at radius 3 is 2.88 bits per heavy atom. The van der Waals surface area contributed by atoms with E-state index in [1.54, 1.807) is 23.1 Å². The van der Waals surface area contributed by atoms with E-state index < -0.39 is 0 Å². The highest BCUT2D eigenvalue weighted by atomic mass is 32.2. The van der Waals surface area contributed by atoms with Crippen molar-refractivity contribution in [1.82, 2.24) is 10.2 Å². The Morgan fingerprint density at radius 1 is 1.29 bits per heavy atom. The van der Waals surface area contributed by atoms with Crippen molar-refractivity contribution in [1.29, 1.82) is 0 Å². The number of aliphatic hydroxyl groups is 1. The van der Waals surface area contributed by atoms with E-state index in [0.717, 1.165) is 21.6 Å². The van der Waals surface area contributed by atoms with E-state index in [1.165, 1.54) is 32.1 Å². The summed E-state index contributed by atoms with van der Waals surface area (Å²) in [6.07, 6.45) is 7.36. The highest BCUT2D eigenvalue weighted by molar-refractivity contribution is 8.01. The minimum atomic E-state index is 0.249. The maximum Gasteiger partial charge on any atom is 0.206 e. The maximum absolute atomic E-state index is 8.71. The number of thioether (sulfide) groups is 1. The van der Waals surface area contributed by atoms with Crippen LogP contribution in [0.4, 0.5) is 5.13 Å². The van der Waals surface area contributed by atoms with E-state index in [0.29, 0.717) is 6.04 Å². The fraction of sp³-hybridized carbons (Fsp3) is 0.818. The molecule has 1 aliphatic carbocycles. The molecule has 0 bridgehead atoms. The second-order valence-electron chi connectivity index (χ2n) is 4.28. The van der Waals surface area contributed by atoms with Gasteiger partial charge in [0.1, 0.15) is 0 Å². The third-order valence-electron chi connectivity index (χ3n) is 2.87. The fourth-order valence-corrected chi connectivity index (χ4v) is 3.80. The lowest BCUT2D eigenvalue weighted by Gasteiger charge is -2.21. The molecular formula is C11H19N3OS2. The molecule has 0 spiro atoms. The maximum atomic E-state index is 8.71. The average Bonchev–Trinajstić information content (AvgIpc) is 2.79. The summed E-state index contributed by atoms with van der Waals surface area (Å²) in [6.45, 7) is 0.249. The lowest BCUT2D eigenvalue weighted by molar-refractivity contribution is 0.296. The van der Waals surface area contributed by atoms with Crippen LogP contribution >= 0.6 is 23.1 Å². The SMILES string of the molecule is OCCCSc1nnc(NC2CCCCC2)s1. The first-order chi connectivity index (χ1) is 8.38. The quantitative estimate of drug-likeness (QED) is 0.616. The monoisotopic (exact) mass is 273 g/mol. The van der Waals surface area contributed by atoms with Crippen LogP contribution in [0.5, 0.6) is 0 Å². The number of hydrogen-bond donors (Lipinski definition) is 2. The summed E-state index contributed by atoms with van der Waals surface area (Å²) in [5, 5.41) is 21.4. The highest BCUT2D eigenvalue weighted by Crippen LogP contribution is 2.28. The largest absolute Gasteiger partial charge is 0.396 e. The van der Waals surface area contributed by atoms with Gasteiger partial charge in [0.2, 0.25) is 5.13 Å². The summed E-state index contributed by atoms with van der Waals surface area (Å²) in [5.41, 5.74) is 0. The molecule has 1 aliphatic rings. The van der Waals surface area contributed by atoms with Crippen LogP contribution in [0.25, 0.3) is 0 Å². The van der Waals surface area contributed by atoms with Gasteiger partial charge in [-0.25, -0.2) is 0 Å². The molecule has 4 nitrogen and oxygen atoms in total. The fourth-order valence-electron chi connectivity index (χ4n) is 1.97. The number of nitrogens with one attached hydrogen (secondary N) is 1. The number of nitrogens with zero attached hydrogens (tertiary/aromatic N) is 2. The topological polar surface area (TPSA) is 58.0 Å². The number of aliphatic hydroxyl groups excluding tert-OH is 1. The van der Waals surface area contributed by atoms with E-state index in [-0.39, 0.29) is 6.61 Å². The van der Waals surface area contributed by atoms with Crippen LogP contribution in [0, 0.1) is 0 Å². The molecule has 0 aromatic carbocycles. The van der Waals surface area contributed by atoms with E-state index in [1.807, 2.05) is 0 Å². The Kier molecular flexibility index (Phi) is 5.54. The van der Waals surface area contributed by atoms with Gasteiger partial charge in [-0.2, -0.15) is 0 Å². The molecule has 17 heavy (non-hydrogen) atoms. The van der Waals surface area contributed by atoms with Crippen LogP contribution in [-0.4, -0.2) is 33.7 Å². The zero-order chi connectivity index (χ0) is 11.9. The molecule has 1 aromatic heterocycles. The highest BCUT2D eigenvalue weighted by Gasteiger charge is 2.14. The Morgan fingerprint density at radius 2 is 2.12 bits per heavy atom. The summed E-state index contributed by atoms with van der Waals surface area (Å²) in [7, 11) is 0. The summed E-state index contributed by atoms with van der Waals surface area (Å²) in [6, 6.07) is 0.590. The number of hydrogen-bond acceptors (Lipinski definition) is 6. The number of aromatic nitrogens is 2. The van der Waals surface area contributed by atoms with Crippen molar-refractivity contribution in [2.24, 2.45) is 0 Å².